The maximum atomic E-state index is 11.9. The zero-order valence-corrected chi connectivity index (χ0v) is 13.4. The number of aliphatic carboxylic acids is 1. The Morgan fingerprint density at radius 1 is 1.14 bits per heavy atom. The molecule has 3 N–H and O–H groups in total. The van der Waals surface area contributed by atoms with Crippen molar-refractivity contribution in [3.63, 3.8) is 0 Å². The predicted octanol–water partition coefficient (Wildman–Crippen LogP) is 3.15. The lowest BCUT2D eigenvalue weighted by Crippen LogP contribution is -2.47. The van der Waals surface area contributed by atoms with E-state index >= 15 is 0 Å². The molecule has 2 atom stereocenters. The van der Waals surface area contributed by atoms with E-state index in [1.165, 1.54) is 6.42 Å². The first-order valence-electron chi connectivity index (χ1n) is 8.28. The summed E-state index contributed by atoms with van der Waals surface area (Å²) in [4.78, 5) is 23.2. The molecule has 122 valence electrons. The largest absolute Gasteiger partial charge is 0.481 e. The van der Waals surface area contributed by atoms with Crippen molar-refractivity contribution >= 4 is 12.0 Å². The molecular formula is C16H30N2O3. The Bertz CT molecular complexity index is 331. The number of hydrogen-bond donors (Lipinski definition) is 3. The fourth-order valence-electron chi connectivity index (χ4n) is 2.87. The molecule has 5 heteroatoms. The highest BCUT2D eigenvalue weighted by Gasteiger charge is 2.30. The van der Waals surface area contributed by atoms with Crippen LogP contribution < -0.4 is 10.6 Å². The summed E-state index contributed by atoms with van der Waals surface area (Å²) in [5, 5.41) is 15.0. The molecule has 0 bridgehead atoms. The molecule has 2 amide bonds. The number of unbranched alkanes of at least 4 members (excludes halogenated alkanes) is 1. The standard InChI is InChI=1S/C16H30N2O3/c1-12(2)8-6-7-11-17-16(21)18-14-10-5-3-4-9-13(14)15(19)20/h12-14H,3-11H2,1-2H3,(H,19,20)(H2,17,18,21). The third-order valence-corrected chi connectivity index (χ3v) is 4.14. The Kier molecular flexibility index (Phi) is 8.16. The minimum Gasteiger partial charge on any atom is -0.481 e. The van der Waals surface area contributed by atoms with E-state index in [9.17, 15) is 14.7 Å². The third-order valence-electron chi connectivity index (χ3n) is 4.14. The summed E-state index contributed by atoms with van der Waals surface area (Å²) in [5.74, 6) is -0.542. The minimum absolute atomic E-state index is 0.224. The van der Waals surface area contributed by atoms with Gasteiger partial charge in [-0.1, -0.05) is 46.0 Å². The second kappa shape index (κ2) is 9.64. The van der Waals surface area contributed by atoms with Crippen molar-refractivity contribution in [2.45, 2.75) is 71.3 Å². The molecular weight excluding hydrogens is 268 g/mol. The molecule has 0 saturated heterocycles. The summed E-state index contributed by atoms with van der Waals surface area (Å²) >= 11 is 0. The number of carboxylic acid groups (broad SMARTS) is 1. The quantitative estimate of drug-likeness (QED) is 0.499. The Balaban J connectivity index is 2.29. The molecule has 0 aromatic rings. The SMILES string of the molecule is CC(C)CCCCNC(=O)NC1CCCCCC1C(=O)O. The predicted molar refractivity (Wildman–Crippen MR) is 83.2 cm³/mol. The molecule has 0 spiro atoms. The Hall–Kier alpha value is -1.26. The first-order chi connectivity index (χ1) is 10.0. The van der Waals surface area contributed by atoms with Gasteiger partial charge in [-0.15, -0.1) is 0 Å². The van der Waals surface area contributed by atoms with E-state index in [4.69, 9.17) is 0 Å². The fraction of sp³-hybridized carbons (Fsp3) is 0.875. The highest BCUT2D eigenvalue weighted by Crippen LogP contribution is 2.23. The van der Waals surface area contributed by atoms with Crippen LogP contribution in [0.25, 0.3) is 0 Å². The number of carboxylic acids is 1. The summed E-state index contributed by atoms with van der Waals surface area (Å²) in [6.07, 6.45) is 7.66. The summed E-state index contributed by atoms with van der Waals surface area (Å²) in [7, 11) is 0. The number of nitrogens with one attached hydrogen (secondary N) is 2. The van der Waals surface area contributed by atoms with E-state index in [1.54, 1.807) is 0 Å². The van der Waals surface area contributed by atoms with Crippen molar-refractivity contribution in [2.24, 2.45) is 11.8 Å². The lowest BCUT2D eigenvalue weighted by molar-refractivity contribution is -0.142. The van der Waals surface area contributed by atoms with Crippen molar-refractivity contribution < 1.29 is 14.7 Å². The monoisotopic (exact) mass is 298 g/mol. The van der Waals surface area contributed by atoms with Gasteiger partial charge in [0.15, 0.2) is 0 Å². The van der Waals surface area contributed by atoms with Gasteiger partial charge in [0, 0.05) is 12.6 Å². The van der Waals surface area contributed by atoms with Crippen LogP contribution in [0.5, 0.6) is 0 Å². The topological polar surface area (TPSA) is 78.4 Å². The summed E-state index contributed by atoms with van der Waals surface area (Å²) in [5.41, 5.74) is 0. The lowest BCUT2D eigenvalue weighted by Gasteiger charge is -2.23. The first kappa shape index (κ1) is 17.8. The van der Waals surface area contributed by atoms with Gasteiger partial charge >= 0.3 is 12.0 Å². The van der Waals surface area contributed by atoms with E-state index in [0.717, 1.165) is 38.5 Å². The van der Waals surface area contributed by atoms with Crippen LogP contribution >= 0.6 is 0 Å². The van der Waals surface area contributed by atoms with Gasteiger partial charge in [-0.3, -0.25) is 4.79 Å². The van der Waals surface area contributed by atoms with Gasteiger partial charge in [-0.25, -0.2) is 4.79 Å². The number of carbonyl (C=O) groups excluding carboxylic acids is 1. The Morgan fingerprint density at radius 3 is 2.52 bits per heavy atom. The van der Waals surface area contributed by atoms with E-state index in [2.05, 4.69) is 24.5 Å². The highest BCUT2D eigenvalue weighted by molar-refractivity contribution is 5.76. The molecule has 0 heterocycles. The Morgan fingerprint density at radius 2 is 1.86 bits per heavy atom. The average Bonchev–Trinajstić information content (AvgIpc) is 2.63. The van der Waals surface area contributed by atoms with Crippen LogP contribution in [0.4, 0.5) is 4.79 Å². The Labute approximate surface area is 127 Å². The van der Waals surface area contributed by atoms with Gasteiger partial charge in [-0.05, 0) is 25.2 Å². The molecule has 1 aliphatic carbocycles. The maximum Gasteiger partial charge on any atom is 0.315 e. The maximum absolute atomic E-state index is 11.9. The summed E-state index contributed by atoms with van der Waals surface area (Å²) in [6, 6.07) is -0.460. The van der Waals surface area contributed by atoms with Crippen molar-refractivity contribution in [1.29, 1.82) is 0 Å². The van der Waals surface area contributed by atoms with Crippen molar-refractivity contribution in [3.8, 4) is 0 Å². The van der Waals surface area contributed by atoms with Crippen LogP contribution in [-0.2, 0) is 4.79 Å². The number of urea groups is 1. The number of rotatable bonds is 7. The summed E-state index contributed by atoms with van der Waals surface area (Å²) in [6.45, 7) is 5.04. The second-order valence-corrected chi connectivity index (χ2v) is 6.48. The van der Waals surface area contributed by atoms with Crippen LogP contribution in [-0.4, -0.2) is 29.7 Å². The molecule has 21 heavy (non-hydrogen) atoms. The lowest BCUT2D eigenvalue weighted by atomic mass is 9.95. The normalized spacial score (nSPS) is 22.6. The van der Waals surface area contributed by atoms with Crippen LogP contribution in [0.2, 0.25) is 0 Å². The molecule has 1 fully saturated rings. The van der Waals surface area contributed by atoms with E-state index < -0.39 is 11.9 Å². The smallest absolute Gasteiger partial charge is 0.315 e. The van der Waals surface area contributed by atoms with Crippen molar-refractivity contribution in [3.05, 3.63) is 0 Å². The molecule has 1 aliphatic rings. The zero-order valence-electron chi connectivity index (χ0n) is 13.4. The van der Waals surface area contributed by atoms with Crippen LogP contribution in [0.15, 0.2) is 0 Å². The molecule has 1 rings (SSSR count). The van der Waals surface area contributed by atoms with E-state index in [-0.39, 0.29) is 12.1 Å². The van der Waals surface area contributed by atoms with E-state index in [0.29, 0.717) is 18.9 Å². The van der Waals surface area contributed by atoms with Gasteiger partial charge in [0.05, 0.1) is 5.92 Å². The zero-order chi connectivity index (χ0) is 15.7. The first-order valence-corrected chi connectivity index (χ1v) is 8.28. The molecule has 0 aliphatic heterocycles. The van der Waals surface area contributed by atoms with E-state index in [1.807, 2.05) is 0 Å². The molecule has 2 unspecified atom stereocenters. The number of amides is 2. The molecule has 1 saturated carbocycles. The molecule has 0 radical (unpaired) electrons. The van der Waals surface area contributed by atoms with Gasteiger partial charge in [0.1, 0.15) is 0 Å². The van der Waals surface area contributed by atoms with Gasteiger partial charge in [0.25, 0.3) is 0 Å². The summed E-state index contributed by atoms with van der Waals surface area (Å²) < 4.78 is 0. The molecule has 0 aromatic heterocycles. The van der Waals surface area contributed by atoms with Crippen LogP contribution in [0.3, 0.4) is 0 Å². The average molecular weight is 298 g/mol. The van der Waals surface area contributed by atoms with Gasteiger partial charge < -0.3 is 15.7 Å². The van der Waals surface area contributed by atoms with Gasteiger partial charge in [-0.2, -0.15) is 0 Å². The van der Waals surface area contributed by atoms with Crippen molar-refractivity contribution in [2.75, 3.05) is 6.54 Å². The highest BCUT2D eigenvalue weighted by atomic mass is 16.4. The van der Waals surface area contributed by atoms with Crippen molar-refractivity contribution in [1.82, 2.24) is 10.6 Å². The molecule has 0 aromatic carbocycles. The van der Waals surface area contributed by atoms with Gasteiger partial charge in [0.2, 0.25) is 0 Å². The minimum atomic E-state index is -0.792. The van der Waals surface area contributed by atoms with Crippen LogP contribution in [0.1, 0.15) is 65.2 Å². The van der Waals surface area contributed by atoms with Crippen LogP contribution in [0, 0.1) is 11.8 Å². The fourth-order valence-corrected chi connectivity index (χ4v) is 2.87. The number of carbonyl (C=O) groups is 2. The second-order valence-electron chi connectivity index (χ2n) is 6.48. The number of hydrogen-bond acceptors (Lipinski definition) is 2. The third kappa shape index (κ3) is 7.34. The molecule has 5 nitrogen and oxygen atoms in total.